The molecule has 1 aromatic rings. The van der Waals surface area contributed by atoms with E-state index in [1.165, 1.54) is 31.2 Å². The molecule has 0 saturated carbocycles. The Labute approximate surface area is 189 Å². The molecule has 9 N–H and O–H groups in total. The topological polar surface area (TPSA) is 228 Å². The summed E-state index contributed by atoms with van der Waals surface area (Å²) in [4.78, 5) is 59.2. The first-order valence-corrected chi connectivity index (χ1v) is 9.95. The van der Waals surface area contributed by atoms with Crippen molar-refractivity contribution >= 4 is 29.7 Å². The van der Waals surface area contributed by atoms with E-state index in [-0.39, 0.29) is 18.6 Å². The van der Waals surface area contributed by atoms with Gasteiger partial charge in [-0.1, -0.05) is 12.1 Å². The van der Waals surface area contributed by atoms with Crippen LogP contribution in [-0.2, 0) is 30.4 Å². The molecular weight excluding hydrogens is 440 g/mol. The maximum atomic E-state index is 12.7. The van der Waals surface area contributed by atoms with Crippen molar-refractivity contribution < 1.29 is 44.4 Å². The molecule has 33 heavy (non-hydrogen) atoms. The predicted octanol–water partition coefficient (Wildman–Crippen LogP) is -2.32. The maximum absolute atomic E-state index is 12.7. The number of aliphatic carboxylic acids is 2. The second-order valence-electron chi connectivity index (χ2n) is 7.25. The molecule has 0 aliphatic carbocycles. The van der Waals surface area contributed by atoms with E-state index in [0.29, 0.717) is 5.56 Å². The molecule has 182 valence electrons. The smallest absolute Gasteiger partial charge is 0.326 e. The van der Waals surface area contributed by atoms with Gasteiger partial charge in [0, 0.05) is 12.8 Å². The molecule has 0 saturated heterocycles. The normalized spacial score (nSPS) is 14.3. The lowest BCUT2D eigenvalue weighted by molar-refractivity contribution is -0.143. The fourth-order valence-electron chi connectivity index (χ4n) is 2.78. The van der Waals surface area contributed by atoms with Crippen molar-refractivity contribution in [2.45, 2.75) is 50.4 Å². The number of hydrogen-bond donors (Lipinski definition) is 8. The number of aromatic hydroxyl groups is 1. The molecule has 0 bridgehead atoms. The van der Waals surface area contributed by atoms with Crippen LogP contribution in [0.15, 0.2) is 24.3 Å². The van der Waals surface area contributed by atoms with Gasteiger partial charge < -0.3 is 42.1 Å². The van der Waals surface area contributed by atoms with Gasteiger partial charge in [-0.2, -0.15) is 0 Å². The first-order chi connectivity index (χ1) is 15.4. The molecule has 1 aromatic carbocycles. The number of carbonyl (C=O) groups is 5. The number of rotatable bonds is 13. The fraction of sp³-hybridized carbons (Fsp3) is 0.450. The zero-order chi connectivity index (χ0) is 25.1. The number of amides is 3. The van der Waals surface area contributed by atoms with Crippen molar-refractivity contribution in [1.29, 1.82) is 0 Å². The van der Waals surface area contributed by atoms with Crippen molar-refractivity contribution in [1.82, 2.24) is 16.0 Å². The molecule has 0 fully saturated rings. The summed E-state index contributed by atoms with van der Waals surface area (Å²) >= 11 is 0. The van der Waals surface area contributed by atoms with Gasteiger partial charge in [0.2, 0.25) is 17.7 Å². The van der Waals surface area contributed by atoms with Crippen molar-refractivity contribution in [3.8, 4) is 5.75 Å². The monoisotopic (exact) mass is 468 g/mol. The van der Waals surface area contributed by atoms with Crippen molar-refractivity contribution in [2.75, 3.05) is 6.54 Å². The van der Waals surface area contributed by atoms with E-state index in [9.17, 15) is 39.3 Å². The highest BCUT2D eigenvalue weighted by molar-refractivity contribution is 5.94. The van der Waals surface area contributed by atoms with Crippen LogP contribution in [0.4, 0.5) is 0 Å². The van der Waals surface area contributed by atoms with E-state index in [0.717, 1.165) is 0 Å². The summed E-state index contributed by atoms with van der Waals surface area (Å²) in [5.41, 5.74) is 5.69. The number of benzene rings is 1. The third kappa shape index (κ3) is 9.53. The molecular formula is C20H28N4O9. The van der Waals surface area contributed by atoms with E-state index in [2.05, 4.69) is 16.0 Å². The molecule has 4 unspecified atom stereocenters. The lowest BCUT2D eigenvalue weighted by Gasteiger charge is -2.26. The summed E-state index contributed by atoms with van der Waals surface area (Å²) in [7, 11) is 0. The lowest BCUT2D eigenvalue weighted by atomic mass is 10.0. The zero-order valence-corrected chi connectivity index (χ0v) is 17.9. The quantitative estimate of drug-likeness (QED) is 0.154. The molecule has 1 rings (SSSR count). The second-order valence-corrected chi connectivity index (χ2v) is 7.25. The molecule has 0 radical (unpaired) electrons. The van der Waals surface area contributed by atoms with Gasteiger partial charge >= 0.3 is 11.9 Å². The molecule has 4 atom stereocenters. The molecule has 0 spiro atoms. The molecule has 13 heteroatoms. The number of aliphatic hydroxyl groups excluding tert-OH is 1. The van der Waals surface area contributed by atoms with Crippen LogP contribution in [0.25, 0.3) is 0 Å². The van der Waals surface area contributed by atoms with E-state index in [1.807, 2.05) is 0 Å². The Morgan fingerprint density at radius 1 is 0.939 bits per heavy atom. The number of hydrogen-bond acceptors (Lipinski definition) is 8. The first-order valence-electron chi connectivity index (χ1n) is 9.95. The van der Waals surface area contributed by atoms with Crippen LogP contribution in [0.3, 0.4) is 0 Å². The van der Waals surface area contributed by atoms with Gasteiger partial charge in [0.1, 0.15) is 23.9 Å². The molecule has 0 aromatic heterocycles. The lowest BCUT2D eigenvalue weighted by Crippen LogP contribution is -2.59. The van der Waals surface area contributed by atoms with Crippen LogP contribution >= 0.6 is 0 Å². The van der Waals surface area contributed by atoms with Crippen LogP contribution in [0.1, 0.15) is 25.3 Å². The molecule has 0 aliphatic heterocycles. The van der Waals surface area contributed by atoms with Crippen LogP contribution in [-0.4, -0.2) is 80.9 Å². The van der Waals surface area contributed by atoms with E-state index in [1.54, 1.807) is 0 Å². The number of aliphatic hydroxyl groups is 1. The molecule has 0 aliphatic rings. The fourth-order valence-corrected chi connectivity index (χ4v) is 2.78. The highest BCUT2D eigenvalue weighted by Gasteiger charge is 2.32. The number of carboxylic acids is 2. The van der Waals surface area contributed by atoms with Gasteiger partial charge in [-0.05, 0) is 31.0 Å². The Morgan fingerprint density at radius 2 is 1.55 bits per heavy atom. The average molecular weight is 468 g/mol. The Bertz CT molecular complexity index is 858. The summed E-state index contributed by atoms with van der Waals surface area (Å²) in [6, 6.07) is 1.28. The number of phenolic OH excluding ortho intramolecular Hbond substituents is 1. The van der Waals surface area contributed by atoms with Crippen molar-refractivity contribution in [2.24, 2.45) is 5.73 Å². The number of nitrogens with two attached hydrogens (primary N) is 1. The standard InChI is InChI=1S/C20H28N4O9/c1-10(25)17(24-18(30)13(6-7-16(28)29)22-15(27)9-21)19(31)23-14(20(32)33)8-11-2-4-12(26)5-3-11/h2-5,10,13-14,17,25-26H,6-9,21H2,1H3,(H,22,27)(H,23,31)(H,24,30)(H,28,29)(H,32,33). The maximum Gasteiger partial charge on any atom is 0.326 e. The van der Waals surface area contributed by atoms with E-state index < -0.39 is 66.9 Å². The Balaban J connectivity index is 2.94. The van der Waals surface area contributed by atoms with Gasteiger partial charge in [0.15, 0.2) is 0 Å². The summed E-state index contributed by atoms with van der Waals surface area (Å²) in [6.45, 7) is 0.722. The predicted molar refractivity (Wildman–Crippen MR) is 113 cm³/mol. The van der Waals surface area contributed by atoms with Crippen LogP contribution < -0.4 is 21.7 Å². The minimum Gasteiger partial charge on any atom is -0.508 e. The second kappa shape index (κ2) is 13.0. The summed E-state index contributed by atoms with van der Waals surface area (Å²) in [5, 5.41) is 44.3. The van der Waals surface area contributed by atoms with Crippen LogP contribution in [0, 0.1) is 0 Å². The van der Waals surface area contributed by atoms with Crippen molar-refractivity contribution in [3.63, 3.8) is 0 Å². The van der Waals surface area contributed by atoms with Gasteiger partial charge in [-0.3, -0.25) is 19.2 Å². The minimum atomic E-state index is -1.60. The molecule has 3 amide bonds. The summed E-state index contributed by atoms with van der Waals surface area (Å²) < 4.78 is 0. The third-order valence-corrected chi connectivity index (χ3v) is 4.54. The minimum absolute atomic E-state index is 0.0225. The summed E-state index contributed by atoms with van der Waals surface area (Å²) in [6.07, 6.45) is -2.38. The van der Waals surface area contributed by atoms with Crippen LogP contribution in [0.5, 0.6) is 5.75 Å². The van der Waals surface area contributed by atoms with Gasteiger partial charge in [-0.15, -0.1) is 0 Å². The first kappa shape index (κ1) is 27.3. The largest absolute Gasteiger partial charge is 0.508 e. The van der Waals surface area contributed by atoms with E-state index in [4.69, 9.17) is 10.8 Å². The van der Waals surface area contributed by atoms with Crippen LogP contribution in [0.2, 0.25) is 0 Å². The number of carbonyl (C=O) groups excluding carboxylic acids is 3. The number of carboxylic acid groups (broad SMARTS) is 2. The van der Waals surface area contributed by atoms with E-state index >= 15 is 0 Å². The van der Waals surface area contributed by atoms with Gasteiger partial charge in [0.25, 0.3) is 0 Å². The number of phenols is 1. The third-order valence-electron chi connectivity index (χ3n) is 4.54. The summed E-state index contributed by atoms with van der Waals surface area (Å²) in [5.74, 6) is -5.32. The Morgan fingerprint density at radius 3 is 2.03 bits per heavy atom. The van der Waals surface area contributed by atoms with Gasteiger partial charge in [0.05, 0.1) is 12.6 Å². The highest BCUT2D eigenvalue weighted by Crippen LogP contribution is 2.12. The molecule has 13 nitrogen and oxygen atoms in total. The Kier molecular flexibility index (Phi) is 10.7. The Hall–Kier alpha value is -3.71. The average Bonchev–Trinajstić information content (AvgIpc) is 2.74. The molecule has 0 heterocycles. The SMILES string of the molecule is CC(O)C(NC(=O)C(CCC(=O)O)NC(=O)CN)C(=O)NC(Cc1ccc(O)cc1)C(=O)O. The number of nitrogens with one attached hydrogen (secondary N) is 3. The van der Waals surface area contributed by atoms with Crippen molar-refractivity contribution in [3.05, 3.63) is 29.8 Å². The zero-order valence-electron chi connectivity index (χ0n) is 17.9. The highest BCUT2D eigenvalue weighted by atomic mass is 16.4. The van der Waals surface area contributed by atoms with Gasteiger partial charge in [-0.25, -0.2) is 4.79 Å².